The molecule has 1 heterocycles. The number of anilines is 1. The first kappa shape index (κ1) is 16.8. The fraction of sp³-hybridized carbons (Fsp3) is 0.385. The number of rotatable bonds is 4. The summed E-state index contributed by atoms with van der Waals surface area (Å²) in [5.41, 5.74) is 6.06. The standard InChI is InChI=1S/C13H16ClN3O2.ClH/c14-9-2-1-3-10(8-9)17-7-5-11(13(17)19)16-12(18)4-6-15;/h1-3,8,11H,4-7,15H2,(H,16,18);1H. The molecule has 7 heteroatoms. The highest BCUT2D eigenvalue weighted by atomic mass is 35.5. The molecule has 1 fully saturated rings. The topological polar surface area (TPSA) is 75.4 Å². The Bertz CT molecular complexity index is 496. The van der Waals surface area contributed by atoms with Gasteiger partial charge in [0.25, 0.3) is 0 Å². The Morgan fingerprint density at radius 2 is 2.25 bits per heavy atom. The predicted octanol–water partition coefficient (Wildman–Crippen LogP) is 1.33. The highest BCUT2D eigenvalue weighted by Crippen LogP contribution is 2.24. The summed E-state index contributed by atoms with van der Waals surface area (Å²) in [5, 5.41) is 3.28. The van der Waals surface area contributed by atoms with Crippen LogP contribution in [0.15, 0.2) is 24.3 Å². The SMILES string of the molecule is Cl.NCCC(=O)NC1CCN(c2cccc(Cl)c2)C1=O. The number of nitrogens with two attached hydrogens (primary N) is 1. The first-order valence-electron chi connectivity index (χ1n) is 6.18. The zero-order valence-electron chi connectivity index (χ0n) is 10.8. The molecule has 1 saturated heterocycles. The van der Waals surface area contributed by atoms with Crippen LogP contribution in [-0.4, -0.2) is 30.9 Å². The summed E-state index contributed by atoms with van der Waals surface area (Å²) in [5.74, 6) is -0.290. The van der Waals surface area contributed by atoms with Crippen LogP contribution in [0.25, 0.3) is 0 Å². The largest absolute Gasteiger partial charge is 0.344 e. The first-order chi connectivity index (χ1) is 9.11. The normalized spacial score (nSPS) is 17.8. The van der Waals surface area contributed by atoms with Crippen LogP contribution >= 0.6 is 24.0 Å². The second kappa shape index (κ2) is 7.47. The van der Waals surface area contributed by atoms with E-state index in [1.54, 1.807) is 23.1 Å². The highest BCUT2D eigenvalue weighted by Gasteiger charge is 2.33. The van der Waals surface area contributed by atoms with E-state index in [1.165, 1.54) is 0 Å². The molecule has 0 saturated carbocycles. The van der Waals surface area contributed by atoms with E-state index in [0.717, 1.165) is 5.69 Å². The Kier molecular flexibility index (Phi) is 6.26. The van der Waals surface area contributed by atoms with Crippen LogP contribution in [0.5, 0.6) is 0 Å². The minimum absolute atomic E-state index is 0. The van der Waals surface area contributed by atoms with Gasteiger partial charge in [0.05, 0.1) is 0 Å². The molecule has 2 rings (SSSR count). The number of carbonyl (C=O) groups excluding carboxylic acids is 2. The van der Waals surface area contributed by atoms with Crippen molar-refractivity contribution in [3.05, 3.63) is 29.3 Å². The number of nitrogens with one attached hydrogen (secondary N) is 1. The van der Waals surface area contributed by atoms with Gasteiger partial charge in [-0.1, -0.05) is 17.7 Å². The first-order valence-corrected chi connectivity index (χ1v) is 6.56. The number of hydrogen-bond donors (Lipinski definition) is 2. The highest BCUT2D eigenvalue weighted by molar-refractivity contribution is 6.31. The van der Waals surface area contributed by atoms with E-state index in [9.17, 15) is 9.59 Å². The van der Waals surface area contributed by atoms with E-state index < -0.39 is 6.04 Å². The summed E-state index contributed by atoms with van der Waals surface area (Å²) < 4.78 is 0. The lowest BCUT2D eigenvalue weighted by atomic mass is 10.2. The van der Waals surface area contributed by atoms with Crippen LogP contribution in [0.2, 0.25) is 5.02 Å². The van der Waals surface area contributed by atoms with Gasteiger partial charge in [0.2, 0.25) is 11.8 Å². The molecule has 0 bridgehead atoms. The van der Waals surface area contributed by atoms with E-state index in [4.69, 9.17) is 17.3 Å². The molecule has 1 aliphatic rings. The molecule has 0 aromatic heterocycles. The number of carbonyl (C=O) groups is 2. The van der Waals surface area contributed by atoms with E-state index in [0.29, 0.717) is 18.0 Å². The Morgan fingerprint density at radius 1 is 1.50 bits per heavy atom. The monoisotopic (exact) mass is 317 g/mol. The van der Waals surface area contributed by atoms with Crippen LogP contribution in [-0.2, 0) is 9.59 Å². The quantitative estimate of drug-likeness (QED) is 0.879. The number of nitrogens with zero attached hydrogens (tertiary/aromatic N) is 1. The van der Waals surface area contributed by atoms with E-state index in [-0.39, 0.29) is 37.2 Å². The zero-order chi connectivity index (χ0) is 13.8. The van der Waals surface area contributed by atoms with Crippen LogP contribution in [0.1, 0.15) is 12.8 Å². The predicted molar refractivity (Wildman–Crippen MR) is 81.3 cm³/mol. The second-order valence-corrected chi connectivity index (χ2v) is 4.85. The van der Waals surface area contributed by atoms with Gasteiger partial charge in [-0.05, 0) is 24.6 Å². The number of amides is 2. The van der Waals surface area contributed by atoms with Gasteiger partial charge in [-0.3, -0.25) is 9.59 Å². The Balaban J connectivity index is 0.00000200. The third-order valence-electron chi connectivity index (χ3n) is 3.03. The van der Waals surface area contributed by atoms with Crippen molar-refractivity contribution >= 4 is 41.5 Å². The Labute approximate surface area is 128 Å². The molecule has 1 aliphatic heterocycles. The Morgan fingerprint density at radius 3 is 2.90 bits per heavy atom. The van der Waals surface area contributed by atoms with Crippen molar-refractivity contribution in [2.75, 3.05) is 18.0 Å². The van der Waals surface area contributed by atoms with Gasteiger partial charge in [0.15, 0.2) is 0 Å². The minimum atomic E-state index is -0.460. The summed E-state index contributed by atoms with van der Waals surface area (Å²) in [6, 6.07) is 6.66. The van der Waals surface area contributed by atoms with E-state index in [2.05, 4.69) is 5.32 Å². The molecule has 20 heavy (non-hydrogen) atoms. The number of benzene rings is 1. The number of hydrogen-bond acceptors (Lipinski definition) is 3. The maximum atomic E-state index is 12.2. The number of halogens is 2. The lowest BCUT2D eigenvalue weighted by Crippen LogP contribution is -2.42. The van der Waals surface area contributed by atoms with Gasteiger partial charge >= 0.3 is 0 Å². The summed E-state index contributed by atoms with van der Waals surface area (Å²) in [6.07, 6.45) is 0.836. The van der Waals surface area contributed by atoms with Gasteiger partial charge in [-0.25, -0.2) is 0 Å². The van der Waals surface area contributed by atoms with E-state index >= 15 is 0 Å². The van der Waals surface area contributed by atoms with Crippen molar-refractivity contribution in [2.45, 2.75) is 18.9 Å². The van der Waals surface area contributed by atoms with Crippen molar-refractivity contribution in [3.63, 3.8) is 0 Å². The summed E-state index contributed by atoms with van der Waals surface area (Å²) in [7, 11) is 0. The molecule has 3 N–H and O–H groups in total. The maximum Gasteiger partial charge on any atom is 0.249 e. The fourth-order valence-electron chi connectivity index (χ4n) is 2.11. The lowest BCUT2D eigenvalue weighted by molar-refractivity contribution is -0.126. The average molecular weight is 318 g/mol. The molecule has 5 nitrogen and oxygen atoms in total. The van der Waals surface area contributed by atoms with Crippen molar-refractivity contribution in [3.8, 4) is 0 Å². The molecule has 0 spiro atoms. The van der Waals surface area contributed by atoms with Crippen molar-refractivity contribution in [1.82, 2.24) is 5.32 Å². The molecule has 1 atom stereocenters. The van der Waals surface area contributed by atoms with E-state index in [1.807, 2.05) is 6.07 Å². The smallest absolute Gasteiger partial charge is 0.249 e. The van der Waals surface area contributed by atoms with Gasteiger partial charge in [0.1, 0.15) is 6.04 Å². The summed E-state index contributed by atoms with van der Waals surface area (Å²) >= 11 is 5.91. The Hall–Kier alpha value is -1.30. The van der Waals surface area contributed by atoms with Crippen LogP contribution in [0.4, 0.5) is 5.69 Å². The van der Waals surface area contributed by atoms with Gasteiger partial charge in [-0.2, -0.15) is 0 Å². The molecule has 2 amide bonds. The maximum absolute atomic E-state index is 12.2. The summed E-state index contributed by atoms with van der Waals surface area (Å²) in [6.45, 7) is 0.859. The van der Waals surface area contributed by atoms with Gasteiger partial charge in [-0.15, -0.1) is 12.4 Å². The molecular weight excluding hydrogens is 301 g/mol. The molecule has 1 unspecified atom stereocenters. The minimum Gasteiger partial charge on any atom is -0.344 e. The molecule has 0 aliphatic carbocycles. The van der Waals surface area contributed by atoms with Crippen molar-refractivity contribution in [1.29, 1.82) is 0 Å². The molecule has 1 aromatic rings. The van der Waals surface area contributed by atoms with Crippen molar-refractivity contribution in [2.24, 2.45) is 5.73 Å². The lowest BCUT2D eigenvalue weighted by Gasteiger charge is -2.17. The van der Waals surface area contributed by atoms with Crippen LogP contribution in [0.3, 0.4) is 0 Å². The molecule has 0 radical (unpaired) electrons. The van der Waals surface area contributed by atoms with Crippen molar-refractivity contribution < 1.29 is 9.59 Å². The molecule has 1 aromatic carbocycles. The summed E-state index contributed by atoms with van der Waals surface area (Å²) in [4.78, 5) is 25.3. The second-order valence-electron chi connectivity index (χ2n) is 4.42. The third kappa shape index (κ3) is 3.85. The average Bonchev–Trinajstić information content (AvgIpc) is 2.71. The molecular formula is C13H17Cl2N3O2. The fourth-order valence-corrected chi connectivity index (χ4v) is 2.30. The molecule has 110 valence electrons. The zero-order valence-corrected chi connectivity index (χ0v) is 12.4. The van der Waals surface area contributed by atoms with Crippen LogP contribution < -0.4 is 16.0 Å². The third-order valence-corrected chi connectivity index (χ3v) is 3.27. The van der Waals surface area contributed by atoms with Gasteiger partial charge < -0.3 is 16.0 Å². The van der Waals surface area contributed by atoms with Gasteiger partial charge in [0, 0.05) is 30.2 Å². The van der Waals surface area contributed by atoms with Crippen LogP contribution in [0, 0.1) is 0 Å².